The summed E-state index contributed by atoms with van der Waals surface area (Å²) in [5.74, 6) is 1.82. The van der Waals surface area contributed by atoms with E-state index < -0.39 is 0 Å². The topological polar surface area (TPSA) is 63.8 Å². The molecule has 5 heteroatoms. The maximum atomic E-state index is 5.97. The molecule has 1 atom stereocenters. The molecule has 0 aliphatic rings. The Morgan fingerprint density at radius 1 is 1.37 bits per heavy atom. The van der Waals surface area contributed by atoms with Crippen LogP contribution in [0.2, 0.25) is 0 Å². The third kappa shape index (κ3) is 3.23. The maximum Gasteiger partial charge on any atom is 0.147 e. The SMILES string of the molecule is CC(C)C(C)CNc1snc(N)c1-c1cccnc1. The predicted octanol–water partition coefficient (Wildman–Crippen LogP) is 3.49. The van der Waals surface area contributed by atoms with Gasteiger partial charge >= 0.3 is 0 Å². The van der Waals surface area contributed by atoms with Gasteiger partial charge in [0.15, 0.2) is 0 Å². The first-order valence-corrected chi connectivity index (χ1v) is 7.26. The molecule has 1 unspecified atom stereocenters. The number of aromatic nitrogens is 2. The average Bonchev–Trinajstić information content (AvgIpc) is 2.78. The van der Waals surface area contributed by atoms with Gasteiger partial charge in [-0.1, -0.05) is 26.8 Å². The van der Waals surface area contributed by atoms with E-state index in [1.807, 2.05) is 18.3 Å². The fourth-order valence-corrected chi connectivity index (χ4v) is 2.44. The van der Waals surface area contributed by atoms with Gasteiger partial charge in [-0.3, -0.25) is 4.98 Å². The van der Waals surface area contributed by atoms with Crippen LogP contribution in [0.5, 0.6) is 0 Å². The van der Waals surface area contributed by atoms with Crippen molar-refractivity contribution < 1.29 is 0 Å². The lowest BCUT2D eigenvalue weighted by atomic mass is 9.98. The molecule has 0 fully saturated rings. The number of nitrogen functional groups attached to an aromatic ring is 1. The second-order valence-corrected chi connectivity index (χ2v) is 5.89. The molecular weight excluding hydrogens is 256 g/mol. The summed E-state index contributed by atoms with van der Waals surface area (Å²) in [5, 5.41) is 4.49. The minimum absolute atomic E-state index is 0.567. The van der Waals surface area contributed by atoms with Gasteiger partial charge in [-0.2, -0.15) is 4.37 Å². The normalized spacial score (nSPS) is 12.6. The number of anilines is 2. The zero-order valence-corrected chi connectivity index (χ0v) is 12.4. The number of rotatable bonds is 5. The highest BCUT2D eigenvalue weighted by Gasteiger charge is 2.15. The molecule has 2 aromatic rings. The van der Waals surface area contributed by atoms with Crippen LogP contribution in [0.15, 0.2) is 24.5 Å². The number of hydrogen-bond acceptors (Lipinski definition) is 5. The Hall–Kier alpha value is -1.62. The van der Waals surface area contributed by atoms with Crippen molar-refractivity contribution in [3.63, 3.8) is 0 Å². The fourth-order valence-electron chi connectivity index (χ4n) is 1.70. The van der Waals surface area contributed by atoms with Crippen LogP contribution in [-0.2, 0) is 0 Å². The maximum absolute atomic E-state index is 5.97. The van der Waals surface area contributed by atoms with E-state index in [4.69, 9.17) is 5.73 Å². The molecule has 0 saturated carbocycles. The van der Waals surface area contributed by atoms with Crippen molar-refractivity contribution in [3.05, 3.63) is 24.5 Å². The summed E-state index contributed by atoms with van der Waals surface area (Å²) < 4.78 is 4.24. The van der Waals surface area contributed by atoms with Crippen LogP contribution in [-0.4, -0.2) is 15.9 Å². The lowest BCUT2D eigenvalue weighted by Crippen LogP contribution is -2.16. The summed E-state index contributed by atoms with van der Waals surface area (Å²) in [7, 11) is 0. The number of nitrogens with two attached hydrogens (primary N) is 1. The van der Waals surface area contributed by atoms with Crippen molar-refractivity contribution >= 4 is 22.4 Å². The second kappa shape index (κ2) is 6.02. The molecule has 19 heavy (non-hydrogen) atoms. The van der Waals surface area contributed by atoms with Crippen LogP contribution >= 0.6 is 11.5 Å². The number of pyridine rings is 1. The van der Waals surface area contributed by atoms with Gasteiger partial charge in [0.25, 0.3) is 0 Å². The van der Waals surface area contributed by atoms with E-state index in [1.165, 1.54) is 11.5 Å². The highest BCUT2D eigenvalue weighted by atomic mass is 32.1. The monoisotopic (exact) mass is 276 g/mol. The predicted molar refractivity (Wildman–Crippen MR) is 82.2 cm³/mol. The van der Waals surface area contributed by atoms with Crippen LogP contribution in [0.3, 0.4) is 0 Å². The number of nitrogens with zero attached hydrogens (tertiary/aromatic N) is 2. The van der Waals surface area contributed by atoms with Crippen molar-refractivity contribution in [2.45, 2.75) is 20.8 Å². The van der Waals surface area contributed by atoms with Crippen molar-refractivity contribution in [2.24, 2.45) is 11.8 Å². The Morgan fingerprint density at radius 3 is 2.79 bits per heavy atom. The molecule has 3 N–H and O–H groups in total. The van der Waals surface area contributed by atoms with Crippen LogP contribution < -0.4 is 11.1 Å². The van der Waals surface area contributed by atoms with Crippen molar-refractivity contribution in [1.82, 2.24) is 9.36 Å². The zero-order chi connectivity index (χ0) is 13.8. The number of hydrogen-bond donors (Lipinski definition) is 2. The summed E-state index contributed by atoms with van der Waals surface area (Å²) in [6, 6.07) is 3.91. The smallest absolute Gasteiger partial charge is 0.147 e. The van der Waals surface area contributed by atoms with E-state index in [2.05, 4.69) is 35.4 Å². The molecule has 0 bridgehead atoms. The molecule has 0 aliphatic carbocycles. The molecule has 102 valence electrons. The molecule has 0 saturated heterocycles. The van der Waals surface area contributed by atoms with Crippen LogP contribution in [0.1, 0.15) is 20.8 Å². The van der Waals surface area contributed by atoms with Gasteiger partial charge in [0.05, 0.1) is 5.56 Å². The van der Waals surface area contributed by atoms with Gasteiger partial charge in [-0.05, 0) is 29.4 Å². The molecular formula is C14H20N4S. The Morgan fingerprint density at radius 2 is 2.16 bits per heavy atom. The quantitative estimate of drug-likeness (QED) is 0.877. The standard InChI is InChI=1S/C14H20N4S/c1-9(2)10(3)7-17-14-12(13(15)18-19-14)11-5-4-6-16-8-11/h4-6,8-10,17H,7H2,1-3H3,(H2,15,18). The third-order valence-corrected chi connectivity index (χ3v) is 4.21. The van der Waals surface area contributed by atoms with Crippen molar-refractivity contribution in [3.8, 4) is 11.1 Å². The lowest BCUT2D eigenvalue weighted by molar-refractivity contribution is 0.440. The molecule has 0 aromatic carbocycles. The molecule has 0 radical (unpaired) electrons. The van der Waals surface area contributed by atoms with E-state index in [-0.39, 0.29) is 0 Å². The minimum atomic E-state index is 0.567. The van der Waals surface area contributed by atoms with Gasteiger partial charge in [0, 0.05) is 24.5 Å². The highest BCUT2D eigenvalue weighted by Crippen LogP contribution is 2.36. The highest BCUT2D eigenvalue weighted by molar-refractivity contribution is 7.11. The molecule has 0 aliphatic heterocycles. The molecule has 2 heterocycles. The van der Waals surface area contributed by atoms with Gasteiger partial charge in [-0.25, -0.2) is 0 Å². The summed E-state index contributed by atoms with van der Waals surface area (Å²) >= 11 is 1.41. The molecule has 4 nitrogen and oxygen atoms in total. The Kier molecular flexibility index (Phi) is 4.37. The van der Waals surface area contributed by atoms with Gasteiger partial charge < -0.3 is 11.1 Å². The minimum Gasteiger partial charge on any atom is -0.382 e. The molecule has 0 spiro atoms. The lowest BCUT2D eigenvalue weighted by Gasteiger charge is -2.16. The largest absolute Gasteiger partial charge is 0.382 e. The third-order valence-electron chi connectivity index (χ3n) is 3.39. The van der Waals surface area contributed by atoms with Crippen molar-refractivity contribution in [1.29, 1.82) is 0 Å². The first-order valence-electron chi connectivity index (χ1n) is 6.49. The first-order chi connectivity index (χ1) is 9.09. The van der Waals surface area contributed by atoms with Gasteiger partial charge in [0.1, 0.15) is 10.8 Å². The average molecular weight is 276 g/mol. The van der Waals surface area contributed by atoms with Gasteiger partial charge in [0.2, 0.25) is 0 Å². The Bertz CT molecular complexity index is 521. The summed E-state index contributed by atoms with van der Waals surface area (Å²) in [6.45, 7) is 7.63. The zero-order valence-electron chi connectivity index (χ0n) is 11.6. The number of nitrogens with one attached hydrogen (secondary N) is 1. The molecule has 0 amide bonds. The summed E-state index contributed by atoms with van der Waals surface area (Å²) in [5.41, 5.74) is 7.95. The van der Waals surface area contributed by atoms with E-state index in [0.717, 1.165) is 22.7 Å². The molecule has 2 rings (SSSR count). The molecule has 2 aromatic heterocycles. The van der Waals surface area contributed by atoms with E-state index in [1.54, 1.807) is 6.20 Å². The first kappa shape index (κ1) is 13.8. The van der Waals surface area contributed by atoms with Gasteiger partial charge in [-0.15, -0.1) is 0 Å². The Labute approximate surface area is 118 Å². The van der Waals surface area contributed by atoms with E-state index >= 15 is 0 Å². The van der Waals surface area contributed by atoms with Crippen LogP contribution in [0, 0.1) is 11.8 Å². The van der Waals surface area contributed by atoms with E-state index in [9.17, 15) is 0 Å². The Balaban J connectivity index is 2.19. The summed E-state index contributed by atoms with van der Waals surface area (Å²) in [6.07, 6.45) is 3.57. The summed E-state index contributed by atoms with van der Waals surface area (Å²) in [4.78, 5) is 4.14. The van der Waals surface area contributed by atoms with Crippen LogP contribution in [0.4, 0.5) is 10.8 Å². The van der Waals surface area contributed by atoms with Crippen LogP contribution in [0.25, 0.3) is 11.1 Å². The fraction of sp³-hybridized carbons (Fsp3) is 0.429. The van der Waals surface area contributed by atoms with E-state index in [0.29, 0.717) is 17.7 Å². The second-order valence-electron chi connectivity index (χ2n) is 5.12. The van der Waals surface area contributed by atoms with Crippen molar-refractivity contribution in [2.75, 3.05) is 17.6 Å².